The molecule has 1 aliphatic rings. The smallest absolute Gasteiger partial charge is 0.160 e. The first-order chi connectivity index (χ1) is 7.60. The average Bonchev–Trinajstić information content (AvgIpc) is 2.25. The Morgan fingerprint density at radius 3 is 2.62 bits per heavy atom. The number of phenols is 1. The minimum atomic E-state index is -0.433. The lowest BCUT2D eigenvalue weighted by atomic mass is 9.71. The van der Waals surface area contributed by atoms with Crippen LogP contribution in [0.15, 0.2) is 12.1 Å². The molecule has 3 N–H and O–H groups in total. The van der Waals surface area contributed by atoms with Gasteiger partial charge < -0.3 is 15.6 Å². The van der Waals surface area contributed by atoms with Crippen LogP contribution in [0.4, 0.5) is 0 Å². The molecule has 86 valence electrons. The molecule has 1 aromatic rings. The number of hydrogen-bond donors (Lipinski definition) is 2. The van der Waals surface area contributed by atoms with Crippen molar-refractivity contribution in [2.24, 2.45) is 5.73 Å². The summed E-state index contributed by atoms with van der Waals surface area (Å²) in [5, 5.41) is 9.58. The Kier molecular flexibility index (Phi) is 2.59. The summed E-state index contributed by atoms with van der Waals surface area (Å²) >= 11 is 0. The van der Waals surface area contributed by atoms with Crippen molar-refractivity contribution in [2.75, 3.05) is 7.11 Å². The Morgan fingerprint density at radius 1 is 1.50 bits per heavy atom. The van der Waals surface area contributed by atoms with Crippen LogP contribution in [-0.4, -0.2) is 18.5 Å². The number of ether oxygens (including phenoxy) is 1. The number of nitrogens with two attached hydrogens (primary N) is 1. The molecule has 1 saturated carbocycles. The van der Waals surface area contributed by atoms with Crippen LogP contribution in [0.25, 0.3) is 0 Å². The fraction of sp³-hybridized carbons (Fsp3) is 0.417. The topological polar surface area (TPSA) is 72.5 Å². The molecule has 16 heavy (non-hydrogen) atoms. The van der Waals surface area contributed by atoms with Crippen molar-refractivity contribution in [2.45, 2.75) is 24.8 Å². The van der Waals surface area contributed by atoms with Gasteiger partial charge in [-0.1, -0.05) is 0 Å². The van der Waals surface area contributed by atoms with Gasteiger partial charge in [0.25, 0.3) is 0 Å². The van der Waals surface area contributed by atoms with Crippen molar-refractivity contribution in [1.29, 1.82) is 0 Å². The molecule has 2 rings (SSSR count). The van der Waals surface area contributed by atoms with Gasteiger partial charge in [-0.25, -0.2) is 0 Å². The maximum Gasteiger partial charge on any atom is 0.160 e. The van der Waals surface area contributed by atoms with Crippen LogP contribution in [-0.2, 0) is 5.54 Å². The van der Waals surface area contributed by atoms with Crippen molar-refractivity contribution in [3.63, 3.8) is 0 Å². The third-order valence-electron chi connectivity index (χ3n) is 3.26. The van der Waals surface area contributed by atoms with Crippen LogP contribution < -0.4 is 10.5 Å². The lowest BCUT2D eigenvalue weighted by molar-refractivity contribution is 0.111. The fourth-order valence-electron chi connectivity index (χ4n) is 2.10. The molecule has 0 spiro atoms. The van der Waals surface area contributed by atoms with E-state index in [0.717, 1.165) is 31.1 Å². The SMILES string of the molecule is COc1cc(C2(N)CCC2)c(C=O)cc1O. The minimum Gasteiger partial charge on any atom is -0.504 e. The molecule has 0 heterocycles. The van der Waals surface area contributed by atoms with Crippen molar-refractivity contribution >= 4 is 6.29 Å². The zero-order chi connectivity index (χ0) is 11.8. The quantitative estimate of drug-likeness (QED) is 0.759. The molecular formula is C12H15NO3. The number of carbonyl (C=O) groups excluding carboxylic acids is 1. The summed E-state index contributed by atoms with van der Waals surface area (Å²) in [7, 11) is 1.48. The Morgan fingerprint density at radius 2 is 2.19 bits per heavy atom. The van der Waals surface area contributed by atoms with Crippen LogP contribution in [0.3, 0.4) is 0 Å². The zero-order valence-electron chi connectivity index (χ0n) is 9.19. The zero-order valence-corrected chi connectivity index (χ0v) is 9.19. The third kappa shape index (κ3) is 1.55. The number of methoxy groups -OCH3 is 1. The number of rotatable bonds is 3. The number of aromatic hydroxyl groups is 1. The minimum absolute atomic E-state index is 0.0312. The Balaban J connectivity index is 2.53. The van der Waals surface area contributed by atoms with Crippen LogP contribution in [0, 0.1) is 0 Å². The first-order valence-electron chi connectivity index (χ1n) is 5.26. The Labute approximate surface area is 94.0 Å². The van der Waals surface area contributed by atoms with Crippen molar-refractivity contribution in [3.8, 4) is 11.5 Å². The van der Waals surface area contributed by atoms with Crippen LogP contribution >= 0.6 is 0 Å². The van der Waals surface area contributed by atoms with E-state index in [1.54, 1.807) is 6.07 Å². The molecule has 0 amide bonds. The summed E-state index contributed by atoms with van der Waals surface area (Å²) in [6.45, 7) is 0. The van der Waals surface area contributed by atoms with Crippen LogP contribution in [0.1, 0.15) is 35.2 Å². The molecule has 4 heteroatoms. The Hall–Kier alpha value is -1.55. The van der Waals surface area contributed by atoms with E-state index in [0.29, 0.717) is 11.3 Å². The van der Waals surface area contributed by atoms with Gasteiger partial charge in [0.05, 0.1) is 7.11 Å². The number of benzene rings is 1. The molecule has 1 fully saturated rings. The molecule has 0 saturated heterocycles. The van der Waals surface area contributed by atoms with Gasteiger partial charge in [-0.15, -0.1) is 0 Å². The predicted molar refractivity (Wildman–Crippen MR) is 59.8 cm³/mol. The van der Waals surface area contributed by atoms with E-state index in [9.17, 15) is 9.90 Å². The molecule has 0 unspecified atom stereocenters. The predicted octanol–water partition coefficient (Wildman–Crippen LogP) is 1.55. The fourth-order valence-corrected chi connectivity index (χ4v) is 2.10. The molecule has 0 atom stereocenters. The molecular weight excluding hydrogens is 206 g/mol. The summed E-state index contributed by atoms with van der Waals surface area (Å²) in [4.78, 5) is 11.0. The highest BCUT2D eigenvalue weighted by Gasteiger charge is 2.36. The second kappa shape index (κ2) is 3.79. The van der Waals surface area contributed by atoms with Gasteiger partial charge in [0.2, 0.25) is 0 Å². The highest BCUT2D eigenvalue weighted by Crippen LogP contribution is 2.43. The van der Waals surface area contributed by atoms with Crippen molar-refractivity contribution in [3.05, 3.63) is 23.3 Å². The first kappa shape index (κ1) is 11.0. The van der Waals surface area contributed by atoms with E-state index < -0.39 is 5.54 Å². The number of phenolic OH excluding ortho intramolecular Hbond substituents is 1. The van der Waals surface area contributed by atoms with E-state index in [1.807, 2.05) is 0 Å². The molecule has 0 radical (unpaired) electrons. The highest BCUT2D eigenvalue weighted by atomic mass is 16.5. The van der Waals surface area contributed by atoms with Gasteiger partial charge in [-0.05, 0) is 37.0 Å². The maximum absolute atomic E-state index is 11.0. The second-order valence-electron chi connectivity index (χ2n) is 4.24. The molecule has 0 bridgehead atoms. The molecule has 0 aliphatic heterocycles. The monoisotopic (exact) mass is 221 g/mol. The van der Waals surface area contributed by atoms with Crippen LogP contribution in [0.5, 0.6) is 11.5 Å². The summed E-state index contributed by atoms with van der Waals surface area (Å²) in [6.07, 6.45) is 3.52. The second-order valence-corrected chi connectivity index (χ2v) is 4.24. The van der Waals surface area contributed by atoms with E-state index in [4.69, 9.17) is 10.5 Å². The van der Waals surface area contributed by atoms with E-state index in [1.165, 1.54) is 13.2 Å². The first-order valence-corrected chi connectivity index (χ1v) is 5.26. The normalized spacial score (nSPS) is 17.6. The van der Waals surface area contributed by atoms with Crippen molar-refractivity contribution in [1.82, 2.24) is 0 Å². The maximum atomic E-state index is 11.0. The third-order valence-corrected chi connectivity index (χ3v) is 3.26. The van der Waals surface area contributed by atoms with Gasteiger partial charge in [0, 0.05) is 11.1 Å². The summed E-state index contributed by atoms with van der Waals surface area (Å²) in [5.41, 5.74) is 6.96. The Bertz CT molecular complexity index is 425. The highest BCUT2D eigenvalue weighted by molar-refractivity contribution is 5.80. The average molecular weight is 221 g/mol. The molecule has 0 aromatic heterocycles. The lowest BCUT2D eigenvalue weighted by Crippen LogP contribution is -2.44. The van der Waals surface area contributed by atoms with Gasteiger partial charge >= 0.3 is 0 Å². The number of aldehydes is 1. The summed E-state index contributed by atoms with van der Waals surface area (Å²) < 4.78 is 5.03. The van der Waals surface area contributed by atoms with Gasteiger partial charge in [-0.2, -0.15) is 0 Å². The lowest BCUT2D eigenvalue weighted by Gasteiger charge is -2.39. The molecule has 1 aromatic carbocycles. The van der Waals surface area contributed by atoms with E-state index in [-0.39, 0.29) is 5.75 Å². The van der Waals surface area contributed by atoms with Gasteiger partial charge in [0.1, 0.15) is 0 Å². The van der Waals surface area contributed by atoms with E-state index >= 15 is 0 Å². The van der Waals surface area contributed by atoms with Crippen LogP contribution in [0.2, 0.25) is 0 Å². The number of hydrogen-bond acceptors (Lipinski definition) is 4. The van der Waals surface area contributed by atoms with Gasteiger partial charge in [0.15, 0.2) is 17.8 Å². The van der Waals surface area contributed by atoms with Crippen molar-refractivity contribution < 1.29 is 14.6 Å². The standard InChI is InChI=1S/C12H15NO3/c1-16-11-6-9(12(13)3-2-4-12)8(7-14)5-10(11)15/h5-7,15H,2-4,13H2,1H3. The largest absolute Gasteiger partial charge is 0.504 e. The summed E-state index contributed by atoms with van der Waals surface area (Å²) in [6, 6.07) is 3.08. The van der Waals surface area contributed by atoms with E-state index in [2.05, 4.69) is 0 Å². The molecule has 4 nitrogen and oxygen atoms in total. The number of carbonyl (C=O) groups is 1. The summed E-state index contributed by atoms with van der Waals surface area (Å²) in [5.74, 6) is 0.327. The van der Waals surface area contributed by atoms with Gasteiger partial charge in [-0.3, -0.25) is 4.79 Å². The molecule has 1 aliphatic carbocycles.